The largest absolute Gasteiger partial charge is 0.497 e. The summed E-state index contributed by atoms with van der Waals surface area (Å²) in [5.74, 6) is 1.63. The third-order valence-electron chi connectivity index (χ3n) is 3.80. The summed E-state index contributed by atoms with van der Waals surface area (Å²) >= 11 is 0. The fourth-order valence-corrected chi connectivity index (χ4v) is 2.31. The Morgan fingerprint density at radius 1 is 0.880 bits per heavy atom. The first kappa shape index (κ1) is 18.8. The Bertz CT molecular complexity index is 652. The van der Waals surface area contributed by atoms with Crippen molar-refractivity contribution in [3.8, 4) is 5.75 Å². The third kappa shape index (κ3) is 6.47. The molecule has 0 aliphatic carbocycles. The van der Waals surface area contributed by atoms with Gasteiger partial charge in [-0.05, 0) is 35.7 Å². The van der Waals surface area contributed by atoms with E-state index in [1.54, 1.807) is 14.2 Å². The molecule has 0 radical (unpaired) electrons. The van der Waals surface area contributed by atoms with Crippen molar-refractivity contribution < 1.29 is 9.47 Å². The number of aliphatic imine (C=N–C) groups is 1. The lowest BCUT2D eigenvalue weighted by molar-refractivity contribution is 0.134. The lowest BCUT2D eigenvalue weighted by atomic mass is 10.1. The molecule has 2 aromatic rings. The van der Waals surface area contributed by atoms with E-state index < -0.39 is 0 Å². The molecule has 5 nitrogen and oxygen atoms in total. The molecule has 25 heavy (non-hydrogen) atoms. The summed E-state index contributed by atoms with van der Waals surface area (Å²) in [5.41, 5.74) is 3.56. The minimum absolute atomic E-state index is 0.662. The van der Waals surface area contributed by atoms with E-state index in [2.05, 4.69) is 39.9 Å². The van der Waals surface area contributed by atoms with E-state index in [1.807, 2.05) is 31.2 Å². The number of hydrogen-bond donors (Lipinski definition) is 2. The summed E-state index contributed by atoms with van der Waals surface area (Å²) in [6, 6.07) is 16.4. The Balaban J connectivity index is 1.79. The second kappa shape index (κ2) is 10.4. The van der Waals surface area contributed by atoms with E-state index in [0.717, 1.165) is 24.9 Å². The Morgan fingerprint density at radius 3 is 1.88 bits per heavy atom. The summed E-state index contributed by atoms with van der Waals surface area (Å²) < 4.78 is 10.6. The molecule has 2 N–H and O–H groups in total. The quantitative estimate of drug-likeness (QED) is 0.572. The van der Waals surface area contributed by atoms with Gasteiger partial charge in [-0.15, -0.1) is 0 Å². The van der Waals surface area contributed by atoms with Gasteiger partial charge in [0.1, 0.15) is 5.75 Å². The average molecular weight is 341 g/mol. The minimum atomic E-state index is 0.662. The van der Waals surface area contributed by atoms with Crippen LogP contribution in [0.15, 0.2) is 53.5 Å². The summed E-state index contributed by atoms with van der Waals surface area (Å²) in [7, 11) is 3.44. The van der Waals surface area contributed by atoms with Crippen molar-refractivity contribution >= 4 is 5.96 Å². The van der Waals surface area contributed by atoms with Crippen LogP contribution in [-0.4, -0.2) is 26.7 Å². The third-order valence-corrected chi connectivity index (χ3v) is 3.80. The molecule has 0 unspecified atom stereocenters. The summed E-state index contributed by atoms with van der Waals surface area (Å²) in [6.45, 7) is 4.83. The van der Waals surface area contributed by atoms with Crippen LogP contribution < -0.4 is 15.4 Å². The fourth-order valence-electron chi connectivity index (χ4n) is 2.31. The molecular formula is C20H27N3O2. The van der Waals surface area contributed by atoms with E-state index in [0.29, 0.717) is 13.2 Å². The van der Waals surface area contributed by atoms with Crippen molar-refractivity contribution in [1.29, 1.82) is 0 Å². The van der Waals surface area contributed by atoms with Crippen molar-refractivity contribution in [2.24, 2.45) is 4.99 Å². The molecule has 0 aromatic heterocycles. The Morgan fingerprint density at radius 2 is 1.40 bits per heavy atom. The minimum Gasteiger partial charge on any atom is -0.497 e. The molecule has 0 aliphatic rings. The lowest BCUT2D eigenvalue weighted by Gasteiger charge is -2.12. The zero-order valence-corrected chi connectivity index (χ0v) is 15.2. The monoisotopic (exact) mass is 341 g/mol. The van der Waals surface area contributed by atoms with Crippen molar-refractivity contribution in [1.82, 2.24) is 10.6 Å². The highest BCUT2D eigenvalue weighted by atomic mass is 16.5. The van der Waals surface area contributed by atoms with Gasteiger partial charge >= 0.3 is 0 Å². The van der Waals surface area contributed by atoms with Crippen LogP contribution in [0.2, 0.25) is 0 Å². The average Bonchev–Trinajstić information content (AvgIpc) is 2.67. The standard InChI is InChI=1S/C20H27N3O2/c1-4-25-15-18-7-5-16(6-8-18)13-22-20(21-2)23-14-17-9-11-19(24-3)12-10-17/h5-12H,4,13-15H2,1-3H3,(H2,21,22,23). The van der Waals surface area contributed by atoms with E-state index in [9.17, 15) is 0 Å². The zero-order valence-electron chi connectivity index (χ0n) is 15.2. The number of nitrogens with zero attached hydrogens (tertiary/aromatic N) is 1. The summed E-state index contributed by atoms with van der Waals surface area (Å²) in [5, 5.41) is 6.63. The number of ether oxygens (including phenoxy) is 2. The van der Waals surface area contributed by atoms with Gasteiger partial charge in [0, 0.05) is 26.7 Å². The second-order valence-electron chi connectivity index (χ2n) is 5.58. The summed E-state index contributed by atoms with van der Waals surface area (Å²) in [4.78, 5) is 4.26. The van der Waals surface area contributed by atoms with Crippen LogP contribution >= 0.6 is 0 Å². The Labute approximate surface area is 150 Å². The first-order valence-electron chi connectivity index (χ1n) is 8.48. The number of methoxy groups -OCH3 is 1. The molecule has 0 bridgehead atoms. The van der Waals surface area contributed by atoms with Crippen molar-refractivity contribution in [2.75, 3.05) is 20.8 Å². The van der Waals surface area contributed by atoms with Crippen LogP contribution in [0.1, 0.15) is 23.6 Å². The molecule has 0 spiro atoms. The highest BCUT2D eigenvalue weighted by Crippen LogP contribution is 2.11. The zero-order chi connectivity index (χ0) is 17.9. The molecule has 0 heterocycles. The SMILES string of the molecule is CCOCc1ccc(CNC(=NC)NCc2ccc(OC)cc2)cc1. The first-order chi connectivity index (χ1) is 12.2. The normalized spacial score (nSPS) is 11.2. The van der Waals surface area contributed by atoms with E-state index in [1.165, 1.54) is 16.7 Å². The highest BCUT2D eigenvalue weighted by molar-refractivity contribution is 5.79. The maximum atomic E-state index is 5.41. The maximum absolute atomic E-state index is 5.41. The van der Waals surface area contributed by atoms with Gasteiger partial charge in [-0.2, -0.15) is 0 Å². The topological polar surface area (TPSA) is 54.9 Å². The molecule has 0 fully saturated rings. The van der Waals surface area contributed by atoms with E-state index in [4.69, 9.17) is 9.47 Å². The van der Waals surface area contributed by atoms with Crippen LogP contribution in [-0.2, 0) is 24.4 Å². The van der Waals surface area contributed by atoms with Crippen LogP contribution in [0.3, 0.4) is 0 Å². The van der Waals surface area contributed by atoms with Gasteiger partial charge < -0.3 is 20.1 Å². The predicted molar refractivity (Wildman–Crippen MR) is 102 cm³/mol. The molecule has 2 rings (SSSR count). The number of benzene rings is 2. The number of rotatable bonds is 8. The van der Waals surface area contributed by atoms with Gasteiger partial charge in [-0.3, -0.25) is 4.99 Å². The molecule has 0 saturated carbocycles. The van der Waals surface area contributed by atoms with E-state index in [-0.39, 0.29) is 0 Å². The molecule has 0 saturated heterocycles. The molecule has 5 heteroatoms. The molecule has 0 atom stereocenters. The smallest absolute Gasteiger partial charge is 0.191 e. The Hall–Kier alpha value is -2.53. The predicted octanol–water partition coefficient (Wildman–Crippen LogP) is 3.10. The fraction of sp³-hybridized carbons (Fsp3) is 0.350. The van der Waals surface area contributed by atoms with Gasteiger partial charge in [-0.1, -0.05) is 36.4 Å². The number of nitrogens with one attached hydrogen (secondary N) is 2. The number of hydrogen-bond acceptors (Lipinski definition) is 3. The van der Waals surface area contributed by atoms with Crippen LogP contribution in [0.5, 0.6) is 5.75 Å². The van der Waals surface area contributed by atoms with Crippen LogP contribution in [0.4, 0.5) is 0 Å². The Kier molecular flexibility index (Phi) is 7.79. The van der Waals surface area contributed by atoms with Gasteiger partial charge in [-0.25, -0.2) is 0 Å². The molecular weight excluding hydrogens is 314 g/mol. The first-order valence-corrected chi connectivity index (χ1v) is 8.48. The second-order valence-corrected chi connectivity index (χ2v) is 5.58. The lowest BCUT2D eigenvalue weighted by Crippen LogP contribution is -2.36. The van der Waals surface area contributed by atoms with Gasteiger partial charge in [0.25, 0.3) is 0 Å². The van der Waals surface area contributed by atoms with Gasteiger partial charge in [0.05, 0.1) is 13.7 Å². The van der Waals surface area contributed by atoms with Gasteiger partial charge in [0.15, 0.2) is 5.96 Å². The van der Waals surface area contributed by atoms with Crippen molar-refractivity contribution in [3.63, 3.8) is 0 Å². The van der Waals surface area contributed by atoms with Crippen molar-refractivity contribution in [3.05, 3.63) is 65.2 Å². The number of guanidine groups is 1. The van der Waals surface area contributed by atoms with Crippen LogP contribution in [0, 0.1) is 0 Å². The summed E-state index contributed by atoms with van der Waals surface area (Å²) in [6.07, 6.45) is 0. The molecule has 0 amide bonds. The highest BCUT2D eigenvalue weighted by Gasteiger charge is 2.00. The van der Waals surface area contributed by atoms with Crippen molar-refractivity contribution in [2.45, 2.75) is 26.6 Å². The van der Waals surface area contributed by atoms with Crippen LogP contribution in [0.25, 0.3) is 0 Å². The maximum Gasteiger partial charge on any atom is 0.191 e. The molecule has 2 aromatic carbocycles. The van der Waals surface area contributed by atoms with E-state index >= 15 is 0 Å². The van der Waals surface area contributed by atoms with Gasteiger partial charge in [0.2, 0.25) is 0 Å². The molecule has 134 valence electrons. The molecule has 0 aliphatic heterocycles.